The summed E-state index contributed by atoms with van der Waals surface area (Å²) < 4.78 is 38.8. The van der Waals surface area contributed by atoms with Gasteiger partial charge in [0.25, 0.3) is 5.91 Å². The molecule has 0 saturated carbocycles. The molecular formula is C21H21ClN4O5S. The Morgan fingerprint density at radius 1 is 1.19 bits per heavy atom. The van der Waals surface area contributed by atoms with E-state index in [1.807, 2.05) is 19.1 Å². The standard InChI is InChI=1S/C21H21ClN4O5S/c1-2-20-24-19(25-31-20)12-26-17-11-16(7-8-18(17)30-13-21(26)27)32(28,29)23-10-9-14-3-5-15(22)6-4-14/h3-8,11,23H,2,9-10,12-13H2,1H3. The molecule has 9 nitrogen and oxygen atoms in total. The van der Waals surface area contributed by atoms with Crippen LogP contribution in [0.1, 0.15) is 24.2 Å². The zero-order valence-corrected chi connectivity index (χ0v) is 18.8. The van der Waals surface area contributed by atoms with E-state index in [1.165, 1.54) is 23.1 Å². The van der Waals surface area contributed by atoms with E-state index >= 15 is 0 Å². The van der Waals surface area contributed by atoms with Crippen LogP contribution < -0.4 is 14.4 Å². The molecule has 11 heteroatoms. The van der Waals surface area contributed by atoms with E-state index in [1.54, 1.807) is 12.1 Å². The fraction of sp³-hybridized carbons (Fsp3) is 0.286. The molecule has 0 atom stereocenters. The van der Waals surface area contributed by atoms with Crippen molar-refractivity contribution in [3.05, 3.63) is 64.8 Å². The normalized spacial score (nSPS) is 13.7. The molecule has 1 N–H and O–H groups in total. The summed E-state index contributed by atoms with van der Waals surface area (Å²) in [6.07, 6.45) is 1.08. The largest absolute Gasteiger partial charge is 0.482 e. The molecule has 2 aromatic carbocycles. The van der Waals surface area contributed by atoms with Crippen LogP contribution in [-0.2, 0) is 34.2 Å². The van der Waals surface area contributed by atoms with Crippen LogP contribution in [0.2, 0.25) is 5.02 Å². The summed E-state index contributed by atoms with van der Waals surface area (Å²) >= 11 is 5.88. The third kappa shape index (κ3) is 4.93. The quantitative estimate of drug-likeness (QED) is 0.531. The second kappa shape index (κ2) is 9.27. The van der Waals surface area contributed by atoms with Crippen LogP contribution in [-0.4, -0.2) is 37.6 Å². The van der Waals surface area contributed by atoms with Gasteiger partial charge in [0.05, 0.1) is 17.1 Å². The third-order valence-corrected chi connectivity index (χ3v) is 6.63. The van der Waals surface area contributed by atoms with E-state index in [0.29, 0.717) is 41.0 Å². The molecule has 0 aliphatic carbocycles. The number of halogens is 1. The summed E-state index contributed by atoms with van der Waals surface area (Å²) in [4.78, 5) is 18.1. The van der Waals surface area contributed by atoms with Gasteiger partial charge in [0, 0.05) is 18.0 Å². The predicted octanol–water partition coefficient (Wildman–Crippen LogP) is 2.73. The first-order valence-electron chi connectivity index (χ1n) is 9.98. The number of aryl methyl sites for hydroxylation is 1. The van der Waals surface area contributed by atoms with Crippen molar-refractivity contribution in [2.75, 3.05) is 18.1 Å². The number of hydrogen-bond donors (Lipinski definition) is 1. The molecule has 4 rings (SSSR count). The molecule has 1 aliphatic heterocycles. The Morgan fingerprint density at radius 2 is 1.97 bits per heavy atom. The molecule has 0 radical (unpaired) electrons. The molecule has 168 valence electrons. The number of benzene rings is 2. The molecule has 0 bridgehead atoms. The lowest BCUT2D eigenvalue weighted by Gasteiger charge is -2.28. The van der Waals surface area contributed by atoms with Gasteiger partial charge >= 0.3 is 0 Å². The van der Waals surface area contributed by atoms with Crippen LogP contribution in [0.4, 0.5) is 5.69 Å². The second-order valence-electron chi connectivity index (χ2n) is 7.13. The highest BCUT2D eigenvalue weighted by atomic mass is 35.5. The van der Waals surface area contributed by atoms with E-state index in [9.17, 15) is 13.2 Å². The van der Waals surface area contributed by atoms with Crippen molar-refractivity contribution in [3.63, 3.8) is 0 Å². The maximum absolute atomic E-state index is 12.8. The molecule has 0 spiro atoms. The Labute approximate surface area is 190 Å². The average molecular weight is 477 g/mol. The number of amides is 1. The van der Waals surface area contributed by atoms with Gasteiger partial charge in [-0.3, -0.25) is 9.69 Å². The number of carbonyl (C=O) groups excluding carboxylic acids is 1. The van der Waals surface area contributed by atoms with Crippen LogP contribution in [0.3, 0.4) is 0 Å². The molecular weight excluding hydrogens is 456 g/mol. The van der Waals surface area contributed by atoms with Gasteiger partial charge in [-0.15, -0.1) is 0 Å². The minimum atomic E-state index is -3.81. The lowest BCUT2D eigenvalue weighted by molar-refractivity contribution is -0.121. The van der Waals surface area contributed by atoms with Gasteiger partial charge in [-0.05, 0) is 42.3 Å². The van der Waals surface area contributed by atoms with Crippen LogP contribution in [0.25, 0.3) is 0 Å². The minimum absolute atomic E-state index is 0.0259. The summed E-state index contributed by atoms with van der Waals surface area (Å²) in [7, 11) is -3.81. The van der Waals surface area contributed by atoms with Crippen molar-refractivity contribution in [2.45, 2.75) is 31.2 Å². The maximum Gasteiger partial charge on any atom is 0.265 e. The van der Waals surface area contributed by atoms with E-state index < -0.39 is 10.0 Å². The highest BCUT2D eigenvalue weighted by molar-refractivity contribution is 7.89. The molecule has 2 heterocycles. The Balaban J connectivity index is 1.52. The molecule has 32 heavy (non-hydrogen) atoms. The van der Waals surface area contributed by atoms with Gasteiger partial charge in [0.1, 0.15) is 5.75 Å². The van der Waals surface area contributed by atoms with Crippen molar-refractivity contribution in [2.24, 2.45) is 0 Å². The van der Waals surface area contributed by atoms with Crippen molar-refractivity contribution >= 4 is 33.2 Å². The number of anilines is 1. The number of aromatic nitrogens is 2. The molecule has 1 aliphatic rings. The smallest absolute Gasteiger partial charge is 0.265 e. The van der Waals surface area contributed by atoms with Crippen molar-refractivity contribution in [3.8, 4) is 5.75 Å². The highest BCUT2D eigenvalue weighted by Crippen LogP contribution is 2.35. The summed E-state index contributed by atoms with van der Waals surface area (Å²) in [6.45, 7) is 1.98. The Kier molecular flexibility index (Phi) is 6.45. The second-order valence-corrected chi connectivity index (χ2v) is 9.33. The topological polar surface area (TPSA) is 115 Å². The van der Waals surface area contributed by atoms with Crippen molar-refractivity contribution in [1.82, 2.24) is 14.9 Å². The van der Waals surface area contributed by atoms with Crippen LogP contribution >= 0.6 is 11.6 Å². The number of carbonyl (C=O) groups is 1. The number of nitrogens with one attached hydrogen (secondary N) is 1. The summed E-state index contributed by atoms with van der Waals surface area (Å²) in [5.41, 5.74) is 1.30. The van der Waals surface area contributed by atoms with Gasteiger partial charge in [0.15, 0.2) is 12.4 Å². The van der Waals surface area contributed by atoms with Gasteiger partial charge in [-0.1, -0.05) is 35.8 Å². The van der Waals surface area contributed by atoms with E-state index in [0.717, 1.165) is 5.56 Å². The molecule has 3 aromatic rings. The zero-order chi connectivity index (χ0) is 22.7. The minimum Gasteiger partial charge on any atom is -0.482 e. The molecule has 1 aromatic heterocycles. The zero-order valence-electron chi connectivity index (χ0n) is 17.2. The summed E-state index contributed by atoms with van der Waals surface area (Å²) in [5, 5.41) is 4.50. The lowest BCUT2D eigenvalue weighted by atomic mass is 10.2. The van der Waals surface area contributed by atoms with Crippen molar-refractivity contribution in [1.29, 1.82) is 0 Å². The summed E-state index contributed by atoms with van der Waals surface area (Å²) in [6, 6.07) is 11.6. The van der Waals surface area contributed by atoms with Crippen LogP contribution in [0.15, 0.2) is 51.9 Å². The van der Waals surface area contributed by atoms with Crippen LogP contribution in [0.5, 0.6) is 5.75 Å². The monoisotopic (exact) mass is 476 g/mol. The van der Waals surface area contributed by atoms with Gasteiger partial charge in [-0.2, -0.15) is 4.98 Å². The van der Waals surface area contributed by atoms with Crippen LogP contribution in [0, 0.1) is 0 Å². The van der Waals surface area contributed by atoms with E-state index in [-0.39, 0.29) is 30.5 Å². The van der Waals surface area contributed by atoms with Gasteiger partial charge in [-0.25, -0.2) is 13.1 Å². The Morgan fingerprint density at radius 3 is 2.69 bits per heavy atom. The Hall–Kier alpha value is -2.95. The highest BCUT2D eigenvalue weighted by Gasteiger charge is 2.29. The number of fused-ring (bicyclic) bond motifs is 1. The fourth-order valence-corrected chi connectivity index (χ4v) is 4.40. The maximum atomic E-state index is 12.8. The van der Waals surface area contributed by atoms with Gasteiger partial charge in [0.2, 0.25) is 15.9 Å². The molecule has 0 fully saturated rings. The average Bonchev–Trinajstić information content (AvgIpc) is 3.24. The first-order valence-corrected chi connectivity index (χ1v) is 11.8. The molecule has 0 saturated heterocycles. The molecule has 0 unspecified atom stereocenters. The van der Waals surface area contributed by atoms with E-state index in [4.69, 9.17) is 20.9 Å². The van der Waals surface area contributed by atoms with Gasteiger partial charge < -0.3 is 9.26 Å². The molecule has 1 amide bonds. The fourth-order valence-electron chi connectivity index (χ4n) is 3.23. The SMILES string of the molecule is CCc1nc(CN2C(=O)COc3ccc(S(=O)(=O)NCCc4ccc(Cl)cc4)cc32)no1. The summed E-state index contributed by atoms with van der Waals surface area (Å²) in [5.74, 6) is 0.870. The van der Waals surface area contributed by atoms with E-state index in [2.05, 4.69) is 14.9 Å². The predicted molar refractivity (Wildman–Crippen MR) is 117 cm³/mol. The number of nitrogens with zero attached hydrogens (tertiary/aromatic N) is 3. The number of rotatable bonds is 8. The number of sulfonamides is 1. The lowest BCUT2D eigenvalue weighted by Crippen LogP contribution is -2.38. The van der Waals surface area contributed by atoms with Crippen molar-refractivity contribution < 1.29 is 22.5 Å². The first-order chi connectivity index (χ1) is 15.4. The number of ether oxygens (including phenoxy) is 1. The third-order valence-electron chi connectivity index (χ3n) is 4.91. The first kappa shape index (κ1) is 22.3. The Bertz CT molecular complexity index is 1230. The number of hydrogen-bond acceptors (Lipinski definition) is 7.